The highest BCUT2D eigenvalue weighted by Gasteiger charge is 2.29. The van der Waals surface area contributed by atoms with E-state index in [2.05, 4.69) is 5.32 Å². The number of ether oxygens (including phenoxy) is 1. The number of methoxy groups -OCH3 is 1. The van der Waals surface area contributed by atoms with Gasteiger partial charge < -0.3 is 10.1 Å². The predicted molar refractivity (Wildman–Crippen MR) is 96.5 cm³/mol. The fourth-order valence-corrected chi connectivity index (χ4v) is 3.95. The molecule has 0 aliphatic heterocycles. The third-order valence-electron chi connectivity index (χ3n) is 4.53. The van der Waals surface area contributed by atoms with Crippen molar-refractivity contribution in [3.8, 4) is 11.1 Å². The molecule has 0 bridgehead atoms. The van der Waals surface area contributed by atoms with E-state index in [-0.39, 0.29) is 11.8 Å². The molecule has 1 aliphatic rings. The molecule has 1 fully saturated rings. The number of amides is 1. The first-order chi connectivity index (χ1) is 11.5. The van der Waals surface area contributed by atoms with Crippen molar-refractivity contribution >= 4 is 28.2 Å². The van der Waals surface area contributed by atoms with Crippen molar-refractivity contribution in [2.45, 2.75) is 33.1 Å². The van der Waals surface area contributed by atoms with Crippen molar-refractivity contribution in [2.75, 3.05) is 12.4 Å². The van der Waals surface area contributed by atoms with Crippen LogP contribution in [0.25, 0.3) is 11.1 Å². The molecule has 126 valence electrons. The summed E-state index contributed by atoms with van der Waals surface area (Å²) in [6.45, 7) is 3.99. The Morgan fingerprint density at radius 3 is 2.38 bits per heavy atom. The molecule has 1 amide bonds. The van der Waals surface area contributed by atoms with Crippen LogP contribution in [0.3, 0.4) is 0 Å². The summed E-state index contributed by atoms with van der Waals surface area (Å²) < 4.78 is 4.97. The smallest absolute Gasteiger partial charge is 0.341 e. The minimum absolute atomic E-state index is 0.00288. The zero-order chi connectivity index (χ0) is 17.3. The standard InChI is InChI=1S/C19H21NO3S/c1-11-7-9-13(10-8-11)15-12(2)24-18(16(15)19(22)23-3)20-17(21)14-5-4-6-14/h7-10,14H,4-6H2,1-3H3,(H,20,21). The molecule has 5 heteroatoms. The normalized spacial score (nSPS) is 14.1. The highest BCUT2D eigenvalue weighted by molar-refractivity contribution is 7.17. The summed E-state index contributed by atoms with van der Waals surface area (Å²) in [4.78, 5) is 25.7. The van der Waals surface area contributed by atoms with E-state index < -0.39 is 5.97 Å². The van der Waals surface area contributed by atoms with E-state index in [0.29, 0.717) is 10.6 Å². The fraction of sp³-hybridized carbons (Fsp3) is 0.368. The number of aryl methyl sites for hydroxylation is 2. The number of carbonyl (C=O) groups is 2. The Labute approximate surface area is 145 Å². The molecule has 1 aromatic heterocycles. The first kappa shape index (κ1) is 16.7. The Balaban J connectivity index is 2.03. The summed E-state index contributed by atoms with van der Waals surface area (Å²) in [5.74, 6) is -0.345. The molecular formula is C19H21NO3S. The van der Waals surface area contributed by atoms with Gasteiger partial charge in [0.1, 0.15) is 10.6 Å². The van der Waals surface area contributed by atoms with Crippen molar-refractivity contribution < 1.29 is 14.3 Å². The van der Waals surface area contributed by atoms with Crippen LogP contribution < -0.4 is 5.32 Å². The number of rotatable bonds is 4. The monoisotopic (exact) mass is 343 g/mol. The summed E-state index contributed by atoms with van der Waals surface area (Å²) in [5, 5.41) is 3.54. The lowest BCUT2D eigenvalue weighted by Crippen LogP contribution is -2.28. The first-order valence-corrected chi connectivity index (χ1v) is 8.92. The van der Waals surface area contributed by atoms with E-state index in [1.54, 1.807) is 0 Å². The number of esters is 1. The second-order valence-electron chi connectivity index (χ2n) is 6.21. The van der Waals surface area contributed by atoms with Gasteiger partial charge in [-0.3, -0.25) is 4.79 Å². The molecule has 0 atom stereocenters. The van der Waals surface area contributed by atoms with Crippen molar-refractivity contribution in [3.05, 3.63) is 40.3 Å². The predicted octanol–water partition coefficient (Wildman–Crippen LogP) is 4.56. The van der Waals surface area contributed by atoms with E-state index in [4.69, 9.17) is 4.74 Å². The van der Waals surface area contributed by atoms with E-state index in [1.807, 2.05) is 38.1 Å². The van der Waals surface area contributed by atoms with Gasteiger partial charge in [0, 0.05) is 16.4 Å². The highest BCUT2D eigenvalue weighted by atomic mass is 32.1. The number of hydrogen-bond donors (Lipinski definition) is 1. The lowest BCUT2D eigenvalue weighted by molar-refractivity contribution is -0.122. The first-order valence-electron chi connectivity index (χ1n) is 8.11. The maximum Gasteiger partial charge on any atom is 0.341 e. The molecule has 0 saturated heterocycles. The van der Waals surface area contributed by atoms with Crippen LogP contribution in [0, 0.1) is 19.8 Å². The van der Waals surface area contributed by atoms with Crippen LogP contribution in [0.4, 0.5) is 5.00 Å². The highest BCUT2D eigenvalue weighted by Crippen LogP contribution is 2.41. The Kier molecular flexibility index (Phi) is 4.71. The zero-order valence-electron chi connectivity index (χ0n) is 14.1. The summed E-state index contributed by atoms with van der Waals surface area (Å²) in [5.41, 5.74) is 3.41. The molecule has 1 saturated carbocycles. The molecule has 0 spiro atoms. The summed E-state index contributed by atoms with van der Waals surface area (Å²) in [6, 6.07) is 8.02. The third-order valence-corrected chi connectivity index (χ3v) is 5.55. The van der Waals surface area contributed by atoms with Crippen molar-refractivity contribution in [3.63, 3.8) is 0 Å². The van der Waals surface area contributed by atoms with Gasteiger partial charge in [0.2, 0.25) is 5.91 Å². The second kappa shape index (κ2) is 6.77. The van der Waals surface area contributed by atoms with E-state index in [1.165, 1.54) is 18.4 Å². The van der Waals surface area contributed by atoms with E-state index >= 15 is 0 Å². The van der Waals surface area contributed by atoms with Gasteiger partial charge in [-0.15, -0.1) is 11.3 Å². The topological polar surface area (TPSA) is 55.4 Å². The second-order valence-corrected chi connectivity index (χ2v) is 7.44. The minimum atomic E-state index is -0.418. The van der Waals surface area contributed by atoms with Crippen LogP contribution in [0.1, 0.15) is 40.1 Å². The van der Waals surface area contributed by atoms with Crippen LogP contribution in [-0.2, 0) is 9.53 Å². The molecule has 1 heterocycles. The zero-order valence-corrected chi connectivity index (χ0v) is 15.0. The molecule has 2 aromatic rings. The van der Waals surface area contributed by atoms with Gasteiger partial charge in [0.15, 0.2) is 0 Å². The van der Waals surface area contributed by atoms with Crippen molar-refractivity contribution in [1.82, 2.24) is 0 Å². The van der Waals surface area contributed by atoms with Crippen LogP contribution in [-0.4, -0.2) is 19.0 Å². The lowest BCUT2D eigenvalue weighted by atomic mass is 9.85. The van der Waals surface area contributed by atoms with Gasteiger partial charge in [0.05, 0.1) is 7.11 Å². The van der Waals surface area contributed by atoms with Gasteiger partial charge in [-0.05, 0) is 32.3 Å². The number of carbonyl (C=O) groups excluding carboxylic acids is 2. The largest absolute Gasteiger partial charge is 0.465 e. The molecule has 0 radical (unpaired) electrons. The molecule has 4 nitrogen and oxygen atoms in total. The Morgan fingerprint density at radius 2 is 1.83 bits per heavy atom. The van der Waals surface area contributed by atoms with Gasteiger partial charge >= 0.3 is 5.97 Å². The summed E-state index contributed by atoms with van der Waals surface area (Å²) >= 11 is 1.43. The number of benzene rings is 1. The number of hydrogen-bond acceptors (Lipinski definition) is 4. The van der Waals surface area contributed by atoms with Gasteiger partial charge in [-0.2, -0.15) is 0 Å². The number of thiophene rings is 1. The molecule has 24 heavy (non-hydrogen) atoms. The minimum Gasteiger partial charge on any atom is -0.465 e. The SMILES string of the molecule is COC(=O)c1c(NC(=O)C2CCC2)sc(C)c1-c1ccc(C)cc1. The van der Waals surface area contributed by atoms with Gasteiger partial charge in [-0.25, -0.2) is 4.79 Å². The molecular weight excluding hydrogens is 322 g/mol. The van der Waals surface area contributed by atoms with Crippen LogP contribution >= 0.6 is 11.3 Å². The number of anilines is 1. The average Bonchev–Trinajstić information content (AvgIpc) is 2.81. The van der Waals surface area contributed by atoms with Gasteiger partial charge in [0.25, 0.3) is 0 Å². The van der Waals surface area contributed by atoms with Crippen LogP contribution in [0.2, 0.25) is 0 Å². The van der Waals surface area contributed by atoms with Crippen molar-refractivity contribution in [2.24, 2.45) is 5.92 Å². The molecule has 3 rings (SSSR count). The van der Waals surface area contributed by atoms with Crippen LogP contribution in [0.5, 0.6) is 0 Å². The molecule has 0 unspecified atom stereocenters. The average molecular weight is 343 g/mol. The number of nitrogens with one attached hydrogen (secondary N) is 1. The maximum absolute atomic E-state index is 12.4. The van der Waals surface area contributed by atoms with Crippen molar-refractivity contribution in [1.29, 1.82) is 0 Å². The molecule has 1 N–H and O–H groups in total. The third kappa shape index (κ3) is 3.08. The van der Waals surface area contributed by atoms with E-state index in [0.717, 1.165) is 40.8 Å². The molecule has 1 aliphatic carbocycles. The summed E-state index contributed by atoms with van der Waals surface area (Å²) in [6.07, 6.45) is 2.95. The summed E-state index contributed by atoms with van der Waals surface area (Å²) in [7, 11) is 1.37. The van der Waals surface area contributed by atoms with Crippen LogP contribution in [0.15, 0.2) is 24.3 Å². The Hall–Kier alpha value is -2.14. The Bertz CT molecular complexity index is 773. The molecule has 1 aromatic carbocycles. The maximum atomic E-state index is 12.4. The van der Waals surface area contributed by atoms with E-state index in [9.17, 15) is 9.59 Å². The lowest BCUT2D eigenvalue weighted by Gasteiger charge is -2.23. The fourth-order valence-electron chi connectivity index (χ4n) is 2.88. The van der Waals surface area contributed by atoms with Gasteiger partial charge in [-0.1, -0.05) is 36.2 Å². The quantitative estimate of drug-likeness (QED) is 0.828. The Morgan fingerprint density at radius 1 is 1.17 bits per heavy atom.